The van der Waals surface area contributed by atoms with Crippen molar-refractivity contribution < 1.29 is 9.47 Å². The molecule has 0 spiro atoms. The molecule has 3 nitrogen and oxygen atoms in total. The molecule has 2 aromatic carbocycles. The van der Waals surface area contributed by atoms with E-state index in [4.69, 9.17) is 9.47 Å². The van der Waals surface area contributed by atoms with E-state index in [-0.39, 0.29) is 6.10 Å². The molecule has 0 N–H and O–H groups in total. The second-order valence-corrected chi connectivity index (χ2v) is 5.40. The third-order valence-electron chi connectivity index (χ3n) is 3.84. The standard InChI is InChI=1S/C18H21NO2/c1-20-17-9-5-6-10-18(17)21-16-11-12-19(14-16)13-15-7-3-2-4-8-15/h2-10,16H,11-14H2,1H3/t16-/m1/s1. The zero-order valence-electron chi connectivity index (χ0n) is 12.4. The maximum absolute atomic E-state index is 6.10. The van der Waals surface area contributed by atoms with Gasteiger partial charge in [0.2, 0.25) is 0 Å². The number of benzene rings is 2. The summed E-state index contributed by atoms with van der Waals surface area (Å²) < 4.78 is 11.4. The van der Waals surface area contributed by atoms with E-state index in [0.29, 0.717) is 0 Å². The molecule has 1 heterocycles. The Morgan fingerprint density at radius 2 is 1.71 bits per heavy atom. The van der Waals surface area contributed by atoms with Crippen LogP contribution in [0.1, 0.15) is 12.0 Å². The van der Waals surface area contributed by atoms with Gasteiger partial charge in [-0.1, -0.05) is 42.5 Å². The number of ether oxygens (including phenoxy) is 2. The molecular weight excluding hydrogens is 262 g/mol. The van der Waals surface area contributed by atoms with Crippen LogP contribution in [0.15, 0.2) is 54.6 Å². The van der Waals surface area contributed by atoms with E-state index in [1.54, 1.807) is 7.11 Å². The van der Waals surface area contributed by atoms with Crippen LogP contribution in [0.2, 0.25) is 0 Å². The Labute approximate surface area is 126 Å². The van der Waals surface area contributed by atoms with Gasteiger partial charge in [-0.15, -0.1) is 0 Å². The second kappa shape index (κ2) is 6.64. The number of hydrogen-bond acceptors (Lipinski definition) is 3. The van der Waals surface area contributed by atoms with Gasteiger partial charge in [0.05, 0.1) is 7.11 Å². The molecule has 1 fully saturated rings. The number of rotatable bonds is 5. The van der Waals surface area contributed by atoms with Gasteiger partial charge in [0.25, 0.3) is 0 Å². The zero-order valence-corrected chi connectivity index (χ0v) is 12.4. The van der Waals surface area contributed by atoms with Crippen LogP contribution < -0.4 is 9.47 Å². The Bertz CT molecular complexity index is 570. The van der Waals surface area contributed by atoms with E-state index < -0.39 is 0 Å². The van der Waals surface area contributed by atoms with Crippen molar-refractivity contribution in [3.63, 3.8) is 0 Å². The first-order chi connectivity index (χ1) is 10.3. The van der Waals surface area contributed by atoms with E-state index in [0.717, 1.165) is 37.6 Å². The monoisotopic (exact) mass is 283 g/mol. The van der Waals surface area contributed by atoms with Crippen LogP contribution in [0.25, 0.3) is 0 Å². The van der Waals surface area contributed by atoms with Gasteiger partial charge in [0, 0.05) is 19.6 Å². The Morgan fingerprint density at radius 1 is 1.00 bits per heavy atom. The van der Waals surface area contributed by atoms with Crippen LogP contribution in [-0.2, 0) is 6.54 Å². The summed E-state index contributed by atoms with van der Waals surface area (Å²) >= 11 is 0. The summed E-state index contributed by atoms with van der Waals surface area (Å²) in [6, 6.07) is 18.4. The van der Waals surface area contributed by atoms with Crippen molar-refractivity contribution in [1.29, 1.82) is 0 Å². The van der Waals surface area contributed by atoms with Crippen molar-refractivity contribution >= 4 is 0 Å². The SMILES string of the molecule is COc1ccccc1O[C@@H]1CCN(Cc2ccccc2)C1. The Balaban J connectivity index is 1.57. The molecule has 0 saturated carbocycles. The predicted octanol–water partition coefficient (Wildman–Crippen LogP) is 3.35. The number of hydrogen-bond donors (Lipinski definition) is 0. The van der Waals surface area contributed by atoms with E-state index in [2.05, 4.69) is 35.2 Å². The molecule has 0 aliphatic carbocycles. The summed E-state index contributed by atoms with van der Waals surface area (Å²) in [5, 5.41) is 0. The fraction of sp³-hybridized carbons (Fsp3) is 0.333. The summed E-state index contributed by atoms with van der Waals surface area (Å²) in [6.45, 7) is 3.04. The van der Waals surface area contributed by atoms with Crippen molar-refractivity contribution in [2.45, 2.75) is 19.1 Å². The molecule has 2 aromatic rings. The van der Waals surface area contributed by atoms with Gasteiger partial charge in [-0.05, 0) is 24.1 Å². The summed E-state index contributed by atoms with van der Waals surface area (Å²) in [5.41, 5.74) is 1.36. The molecule has 110 valence electrons. The van der Waals surface area contributed by atoms with Crippen LogP contribution in [-0.4, -0.2) is 31.2 Å². The Kier molecular flexibility index (Phi) is 4.41. The molecular formula is C18H21NO2. The molecule has 3 heteroatoms. The lowest BCUT2D eigenvalue weighted by Gasteiger charge is -2.18. The van der Waals surface area contributed by atoms with Gasteiger partial charge in [0.1, 0.15) is 6.10 Å². The first-order valence-electron chi connectivity index (χ1n) is 7.41. The van der Waals surface area contributed by atoms with Gasteiger partial charge in [-0.2, -0.15) is 0 Å². The van der Waals surface area contributed by atoms with E-state index >= 15 is 0 Å². The molecule has 0 amide bonds. The fourth-order valence-corrected chi connectivity index (χ4v) is 2.77. The van der Waals surface area contributed by atoms with Crippen LogP contribution in [0.5, 0.6) is 11.5 Å². The van der Waals surface area contributed by atoms with Crippen LogP contribution in [0, 0.1) is 0 Å². The lowest BCUT2D eigenvalue weighted by molar-refractivity contribution is 0.191. The topological polar surface area (TPSA) is 21.7 Å². The zero-order chi connectivity index (χ0) is 14.5. The van der Waals surface area contributed by atoms with Crippen molar-refractivity contribution in [3.05, 3.63) is 60.2 Å². The molecule has 1 atom stereocenters. The summed E-state index contributed by atoms with van der Waals surface area (Å²) in [6.07, 6.45) is 1.30. The van der Waals surface area contributed by atoms with Crippen molar-refractivity contribution in [1.82, 2.24) is 4.90 Å². The first-order valence-corrected chi connectivity index (χ1v) is 7.41. The summed E-state index contributed by atoms with van der Waals surface area (Å²) in [7, 11) is 1.68. The van der Waals surface area contributed by atoms with Crippen molar-refractivity contribution in [2.75, 3.05) is 20.2 Å². The highest BCUT2D eigenvalue weighted by atomic mass is 16.5. The summed E-state index contributed by atoms with van der Waals surface area (Å²) in [5.74, 6) is 1.64. The van der Waals surface area contributed by atoms with Crippen molar-refractivity contribution in [3.8, 4) is 11.5 Å². The molecule has 0 bridgehead atoms. The van der Waals surface area contributed by atoms with Crippen LogP contribution in [0.3, 0.4) is 0 Å². The minimum atomic E-state index is 0.241. The van der Waals surface area contributed by atoms with E-state index in [1.807, 2.05) is 24.3 Å². The highest BCUT2D eigenvalue weighted by Gasteiger charge is 2.24. The highest BCUT2D eigenvalue weighted by molar-refractivity contribution is 5.39. The molecule has 1 aliphatic rings. The van der Waals surface area contributed by atoms with E-state index in [1.165, 1.54) is 5.56 Å². The minimum absolute atomic E-state index is 0.241. The molecule has 3 rings (SSSR count). The van der Waals surface area contributed by atoms with Gasteiger partial charge in [0.15, 0.2) is 11.5 Å². The number of methoxy groups -OCH3 is 1. The predicted molar refractivity (Wildman–Crippen MR) is 83.7 cm³/mol. The Hall–Kier alpha value is -2.00. The van der Waals surface area contributed by atoms with Crippen LogP contribution in [0.4, 0.5) is 0 Å². The largest absolute Gasteiger partial charge is 0.493 e. The third kappa shape index (κ3) is 3.56. The summed E-state index contributed by atoms with van der Waals surface area (Å²) in [4.78, 5) is 2.44. The van der Waals surface area contributed by atoms with Crippen LogP contribution >= 0.6 is 0 Å². The smallest absolute Gasteiger partial charge is 0.161 e. The number of para-hydroxylation sites is 2. The van der Waals surface area contributed by atoms with Gasteiger partial charge < -0.3 is 9.47 Å². The van der Waals surface area contributed by atoms with Gasteiger partial charge >= 0.3 is 0 Å². The lowest BCUT2D eigenvalue weighted by atomic mass is 10.2. The second-order valence-electron chi connectivity index (χ2n) is 5.40. The maximum Gasteiger partial charge on any atom is 0.161 e. The Morgan fingerprint density at radius 3 is 2.48 bits per heavy atom. The molecule has 0 radical (unpaired) electrons. The average molecular weight is 283 g/mol. The molecule has 0 unspecified atom stereocenters. The minimum Gasteiger partial charge on any atom is -0.493 e. The normalized spacial score (nSPS) is 18.6. The quantitative estimate of drug-likeness (QED) is 0.840. The number of nitrogens with zero attached hydrogens (tertiary/aromatic N) is 1. The highest BCUT2D eigenvalue weighted by Crippen LogP contribution is 2.28. The molecule has 21 heavy (non-hydrogen) atoms. The maximum atomic E-state index is 6.10. The first kappa shape index (κ1) is 14.0. The molecule has 1 saturated heterocycles. The van der Waals surface area contributed by atoms with Gasteiger partial charge in [-0.3, -0.25) is 4.90 Å². The third-order valence-corrected chi connectivity index (χ3v) is 3.84. The van der Waals surface area contributed by atoms with Gasteiger partial charge in [-0.25, -0.2) is 0 Å². The van der Waals surface area contributed by atoms with Crippen molar-refractivity contribution in [2.24, 2.45) is 0 Å². The fourth-order valence-electron chi connectivity index (χ4n) is 2.77. The molecule has 0 aromatic heterocycles. The number of likely N-dealkylation sites (tertiary alicyclic amines) is 1. The van der Waals surface area contributed by atoms with E-state index in [9.17, 15) is 0 Å². The average Bonchev–Trinajstić information content (AvgIpc) is 2.96. The lowest BCUT2D eigenvalue weighted by Crippen LogP contribution is -2.24. The molecule has 1 aliphatic heterocycles.